The van der Waals surface area contributed by atoms with Crippen LogP contribution in [0.5, 0.6) is 0 Å². The first-order valence-corrected chi connectivity index (χ1v) is 12.5. The molecule has 4 nitrogen and oxygen atoms in total. The van der Waals surface area contributed by atoms with Gasteiger partial charge in [-0.15, -0.1) is 0 Å². The Balaban J connectivity index is 1.72. The number of carbonyl (C=O) groups is 2. The van der Waals surface area contributed by atoms with Gasteiger partial charge in [-0.05, 0) is 59.9 Å². The zero-order chi connectivity index (χ0) is 24.6. The summed E-state index contributed by atoms with van der Waals surface area (Å²) in [7, 11) is 0. The van der Waals surface area contributed by atoms with Crippen molar-refractivity contribution in [3.8, 4) is 5.69 Å². The van der Waals surface area contributed by atoms with Crippen LogP contribution in [-0.4, -0.2) is 16.3 Å². The predicted octanol–water partition coefficient (Wildman–Crippen LogP) is 7.34. The number of Topliss-reactive ketones (excluding diaryl/α,β-unsaturated/α-hetero) is 1. The van der Waals surface area contributed by atoms with Crippen LogP contribution in [0.4, 0.5) is 0 Å². The molecule has 0 N–H and O–H groups in total. The summed E-state index contributed by atoms with van der Waals surface area (Å²) in [5.74, 6) is -0.296. The minimum Gasteiger partial charge on any atom is -0.447 e. The van der Waals surface area contributed by atoms with Gasteiger partial charge in [0.15, 0.2) is 11.9 Å². The highest BCUT2D eigenvalue weighted by Gasteiger charge is 2.37. The summed E-state index contributed by atoms with van der Waals surface area (Å²) in [6, 6.07) is 28.6. The molecule has 5 rings (SSSR count). The van der Waals surface area contributed by atoms with E-state index in [2.05, 4.69) is 34.3 Å². The Morgan fingerprint density at radius 3 is 2.29 bits per heavy atom. The Labute approximate surface area is 213 Å². The quantitative estimate of drug-likeness (QED) is 0.255. The average Bonchev–Trinajstić information content (AvgIpc) is 3.21. The van der Waals surface area contributed by atoms with Crippen molar-refractivity contribution in [2.75, 3.05) is 0 Å². The lowest BCUT2D eigenvalue weighted by Gasteiger charge is -2.30. The highest BCUT2D eigenvalue weighted by Crippen LogP contribution is 2.41. The van der Waals surface area contributed by atoms with E-state index in [9.17, 15) is 9.59 Å². The number of nitrogens with zero attached hydrogens (tertiary/aromatic N) is 1. The third-order valence-corrected chi connectivity index (χ3v) is 6.88. The lowest BCUT2D eigenvalue weighted by Crippen LogP contribution is -2.28. The molecule has 1 aromatic heterocycles. The first kappa shape index (κ1) is 23.3. The summed E-state index contributed by atoms with van der Waals surface area (Å²) in [6.07, 6.45) is 0.534. The van der Waals surface area contributed by atoms with E-state index in [4.69, 9.17) is 4.74 Å². The Morgan fingerprint density at radius 2 is 1.60 bits per heavy atom. The molecule has 0 saturated carbocycles. The lowest BCUT2D eigenvalue weighted by atomic mass is 9.76. The van der Waals surface area contributed by atoms with Gasteiger partial charge in [0.2, 0.25) is 0 Å². The van der Waals surface area contributed by atoms with Crippen LogP contribution in [0.25, 0.3) is 5.69 Å². The first-order chi connectivity index (χ1) is 16.8. The van der Waals surface area contributed by atoms with Gasteiger partial charge in [0.05, 0.1) is 11.3 Å². The van der Waals surface area contributed by atoms with E-state index in [1.807, 2.05) is 78.9 Å². The molecule has 1 aliphatic carbocycles. The van der Waals surface area contributed by atoms with Gasteiger partial charge in [-0.1, -0.05) is 78.3 Å². The van der Waals surface area contributed by atoms with Crippen LogP contribution in [0.3, 0.4) is 0 Å². The lowest BCUT2D eigenvalue weighted by molar-refractivity contribution is 0.0367. The van der Waals surface area contributed by atoms with Crippen molar-refractivity contribution in [2.24, 2.45) is 5.41 Å². The zero-order valence-electron chi connectivity index (χ0n) is 19.7. The normalized spacial score (nSPS) is 15.3. The van der Waals surface area contributed by atoms with Crippen molar-refractivity contribution in [1.82, 2.24) is 4.57 Å². The number of benzene rings is 3. The van der Waals surface area contributed by atoms with Crippen molar-refractivity contribution in [2.45, 2.75) is 32.8 Å². The molecule has 3 aromatic carbocycles. The molecule has 1 heterocycles. The van der Waals surface area contributed by atoms with E-state index < -0.39 is 12.1 Å². The number of ether oxygens (including phenoxy) is 1. The van der Waals surface area contributed by atoms with Gasteiger partial charge >= 0.3 is 5.97 Å². The van der Waals surface area contributed by atoms with Crippen LogP contribution in [0.2, 0.25) is 0 Å². The Hall–Kier alpha value is -3.44. The number of esters is 1. The monoisotopic (exact) mass is 527 g/mol. The number of aromatic nitrogens is 1. The maximum atomic E-state index is 13.2. The van der Waals surface area contributed by atoms with Gasteiger partial charge < -0.3 is 9.30 Å². The Kier molecular flexibility index (Phi) is 6.20. The summed E-state index contributed by atoms with van der Waals surface area (Å²) >= 11 is 3.56. The van der Waals surface area contributed by atoms with Crippen molar-refractivity contribution < 1.29 is 14.3 Å². The molecule has 0 amide bonds. The maximum absolute atomic E-state index is 13.2. The molecule has 0 spiro atoms. The number of halogens is 1. The van der Waals surface area contributed by atoms with Gasteiger partial charge in [-0.25, -0.2) is 4.79 Å². The largest absolute Gasteiger partial charge is 0.447 e. The van der Waals surface area contributed by atoms with E-state index in [1.54, 1.807) is 12.1 Å². The molecule has 1 atom stereocenters. The molecule has 35 heavy (non-hydrogen) atoms. The molecule has 176 valence electrons. The van der Waals surface area contributed by atoms with Crippen LogP contribution >= 0.6 is 15.9 Å². The molecule has 5 heteroatoms. The van der Waals surface area contributed by atoms with Crippen LogP contribution < -0.4 is 0 Å². The van der Waals surface area contributed by atoms with Crippen molar-refractivity contribution in [3.05, 3.63) is 124 Å². The average molecular weight is 528 g/mol. The molecule has 0 fully saturated rings. The summed E-state index contributed by atoms with van der Waals surface area (Å²) in [4.78, 5) is 26.5. The SMILES string of the molecule is CC1(C)CC(=O)c2cc(C(OC(=O)c3ccccc3)c3cccc(Br)c3)n(-c3ccccc3)c2C1. The third-order valence-electron chi connectivity index (χ3n) is 6.39. The topological polar surface area (TPSA) is 48.3 Å². The molecule has 0 bridgehead atoms. The highest BCUT2D eigenvalue weighted by atomic mass is 79.9. The summed E-state index contributed by atoms with van der Waals surface area (Å²) in [5.41, 5.74) is 4.51. The Bertz CT molecular complexity index is 1390. The van der Waals surface area contributed by atoms with Crippen molar-refractivity contribution in [1.29, 1.82) is 0 Å². The fourth-order valence-electron chi connectivity index (χ4n) is 4.83. The highest BCUT2D eigenvalue weighted by molar-refractivity contribution is 9.10. The minimum atomic E-state index is -0.707. The van der Waals surface area contributed by atoms with Gasteiger partial charge in [-0.2, -0.15) is 0 Å². The van der Waals surface area contributed by atoms with Crippen LogP contribution in [-0.2, 0) is 11.2 Å². The smallest absolute Gasteiger partial charge is 0.339 e. The number of carbonyl (C=O) groups excluding carboxylic acids is 2. The number of para-hydroxylation sites is 1. The van der Waals surface area contributed by atoms with E-state index in [-0.39, 0.29) is 11.2 Å². The molecular formula is C30H26BrNO3. The second-order valence-electron chi connectivity index (χ2n) is 9.75. The minimum absolute atomic E-state index is 0.120. The van der Waals surface area contributed by atoms with E-state index in [1.165, 1.54) is 0 Å². The van der Waals surface area contributed by atoms with Crippen molar-refractivity contribution in [3.63, 3.8) is 0 Å². The molecule has 0 aliphatic heterocycles. The summed E-state index contributed by atoms with van der Waals surface area (Å²) in [5, 5.41) is 0. The zero-order valence-corrected chi connectivity index (χ0v) is 21.3. The van der Waals surface area contributed by atoms with E-state index in [0.717, 1.165) is 33.5 Å². The molecule has 1 unspecified atom stereocenters. The molecule has 0 saturated heterocycles. The number of hydrogen-bond acceptors (Lipinski definition) is 3. The standard InChI is InChI=1S/C30H26BrNO3/c1-30(2)18-26-24(27(33)19-30)17-25(32(26)23-14-7-4-8-15-23)28(21-12-9-13-22(31)16-21)35-29(34)20-10-5-3-6-11-20/h3-17,28H,18-19H2,1-2H3. The number of rotatable bonds is 5. The third kappa shape index (κ3) is 4.73. The predicted molar refractivity (Wildman–Crippen MR) is 140 cm³/mol. The summed E-state index contributed by atoms with van der Waals surface area (Å²) < 4.78 is 9.19. The van der Waals surface area contributed by atoms with Crippen LogP contribution in [0.1, 0.15) is 64.0 Å². The van der Waals surface area contributed by atoms with Gasteiger partial charge in [0.1, 0.15) is 0 Å². The second kappa shape index (κ2) is 9.31. The molecule has 1 aliphatic rings. The van der Waals surface area contributed by atoms with Crippen molar-refractivity contribution >= 4 is 27.7 Å². The van der Waals surface area contributed by atoms with E-state index in [0.29, 0.717) is 17.5 Å². The maximum Gasteiger partial charge on any atom is 0.339 e. The molecule has 0 radical (unpaired) electrons. The van der Waals surface area contributed by atoms with Crippen LogP contribution in [0, 0.1) is 5.41 Å². The first-order valence-electron chi connectivity index (χ1n) is 11.7. The second-order valence-corrected chi connectivity index (χ2v) is 10.7. The van der Waals surface area contributed by atoms with Crippen LogP contribution in [0.15, 0.2) is 95.5 Å². The Morgan fingerprint density at radius 1 is 0.914 bits per heavy atom. The molecular weight excluding hydrogens is 502 g/mol. The fourth-order valence-corrected chi connectivity index (χ4v) is 5.24. The van der Waals surface area contributed by atoms with E-state index >= 15 is 0 Å². The van der Waals surface area contributed by atoms with Gasteiger partial charge in [0, 0.05) is 27.8 Å². The number of hydrogen-bond donors (Lipinski definition) is 0. The summed E-state index contributed by atoms with van der Waals surface area (Å²) in [6.45, 7) is 4.24. The van der Waals surface area contributed by atoms with Gasteiger partial charge in [-0.3, -0.25) is 4.79 Å². The van der Waals surface area contributed by atoms with Gasteiger partial charge in [0.25, 0.3) is 0 Å². The fraction of sp³-hybridized carbons (Fsp3) is 0.200. The molecule has 4 aromatic rings. The number of ketones is 1. The number of fused-ring (bicyclic) bond motifs is 1.